The maximum Gasteiger partial charge on any atom is 0.341 e. The van der Waals surface area contributed by atoms with Gasteiger partial charge < -0.3 is 15.0 Å². The summed E-state index contributed by atoms with van der Waals surface area (Å²) in [6.07, 6.45) is 0.636. The summed E-state index contributed by atoms with van der Waals surface area (Å²) in [5.41, 5.74) is 1.25. The van der Waals surface area contributed by atoms with Crippen molar-refractivity contribution >= 4 is 67.1 Å². The maximum atomic E-state index is 13.6. The first-order chi connectivity index (χ1) is 17.1. The van der Waals surface area contributed by atoms with Gasteiger partial charge in [0.15, 0.2) is 0 Å². The molecule has 3 aromatic rings. The van der Waals surface area contributed by atoms with Gasteiger partial charge in [0.25, 0.3) is 10.0 Å². The number of halogens is 2. The highest BCUT2D eigenvalue weighted by molar-refractivity contribution is 7.92. The first-order valence-corrected chi connectivity index (χ1v) is 13.9. The first kappa shape index (κ1) is 26.4. The molecule has 2 aromatic carbocycles. The summed E-state index contributed by atoms with van der Waals surface area (Å²) < 4.78 is 33.0. The zero-order valence-corrected chi connectivity index (χ0v) is 22.6. The highest BCUT2D eigenvalue weighted by atomic mass is 35.5. The second kappa shape index (κ2) is 10.8. The number of nitrogens with zero attached hydrogens (tertiary/aromatic N) is 2. The van der Waals surface area contributed by atoms with Crippen LogP contribution in [0.25, 0.3) is 0 Å². The number of anilines is 2. The van der Waals surface area contributed by atoms with Crippen LogP contribution in [0.3, 0.4) is 0 Å². The Morgan fingerprint density at radius 1 is 1.17 bits per heavy atom. The number of benzene rings is 2. The lowest BCUT2D eigenvalue weighted by atomic mass is 10.0. The molecule has 1 aliphatic heterocycles. The van der Waals surface area contributed by atoms with Crippen LogP contribution < -0.4 is 9.62 Å². The second-order valence-corrected chi connectivity index (χ2v) is 12.0. The third kappa shape index (κ3) is 5.37. The largest absolute Gasteiger partial charge is 0.465 e. The normalized spacial score (nSPS) is 13.7. The zero-order chi connectivity index (χ0) is 26.0. The molecule has 0 saturated carbocycles. The van der Waals surface area contributed by atoms with Crippen LogP contribution >= 0.6 is 34.5 Å². The van der Waals surface area contributed by atoms with E-state index in [0.29, 0.717) is 28.6 Å². The summed E-state index contributed by atoms with van der Waals surface area (Å²) >= 11 is 13.6. The molecule has 0 radical (unpaired) electrons. The van der Waals surface area contributed by atoms with Crippen LogP contribution in [0.1, 0.15) is 20.8 Å². The molecule has 0 unspecified atom stereocenters. The van der Waals surface area contributed by atoms with Crippen LogP contribution in [0.5, 0.6) is 0 Å². The van der Waals surface area contributed by atoms with E-state index in [2.05, 4.69) is 10.2 Å². The molecule has 12 heteroatoms. The molecule has 0 aliphatic carbocycles. The smallest absolute Gasteiger partial charge is 0.341 e. The number of methoxy groups -OCH3 is 1. The van der Waals surface area contributed by atoms with Gasteiger partial charge in [-0.15, -0.1) is 11.3 Å². The molecule has 0 saturated heterocycles. The fraction of sp³-hybridized carbons (Fsp3) is 0.250. The number of hydrogen-bond donors (Lipinski definition) is 1. The van der Waals surface area contributed by atoms with E-state index in [-0.39, 0.29) is 15.6 Å². The van der Waals surface area contributed by atoms with Gasteiger partial charge >= 0.3 is 5.97 Å². The Labute approximate surface area is 223 Å². The van der Waals surface area contributed by atoms with Gasteiger partial charge in [-0.2, -0.15) is 0 Å². The highest BCUT2D eigenvalue weighted by Crippen LogP contribution is 2.38. The standard InChI is InChI=1S/C24H23Cl2N3O5S2/c1-28-11-10-17-20(13-28)35-23(22(17)24(31)34-2)27-21(30)14-29(19-9-8-15(25)12-18(19)26)36(32,33)16-6-4-3-5-7-16/h3-9,12H,10-11,13-14H2,1-2H3,(H,27,30). The third-order valence-corrected chi connectivity index (χ3v) is 9.13. The van der Waals surface area contributed by atoms with E-state index in [4.69, 9.17) is 27.9 Å². The molecule has 2 heterocycles. The van der Waals surface area contributed by atoms with Crippen LogP contribution in [0.2, 0.25) is 10.0 Å². The molecule has 0 spiro atoms. The van der Waals surface area contributed by atoms with Crippen molar-refractivity contribution in [3.05, 3.63) is 74.6 Å². The number of ether oxygens (including phenoxy) is 1. The van der Waals surface area contributed by atoms with Gasteiger partial charge in [0.2, 0.25) is 5.91 Å². The lowest BCUT2D eigenvalue weighted by molar-refractivity contribution is -0.114. The lowest BCUT2D eigenvalue weighted by Gasteiger charge is -2.25. The molecule has 1 aromatic heterocycles. The molecule has 4 rings (SSSR count). The summed E-state index contributed by atoms with van der Waals surface area (Å²) in [5, 5.41) is 3.45. The van der Waals surface area contributed by atoms with Crippen molar-refractivity contribution in [1.29, 1.82) is 0 Å². The lowest BCUT2D eigenvalue weighted by Crippen LogP contribution is -2.38. The van der Waals surface area contributed by atoms with E-state index in [1.54, 1.807) is 18.2 Å². The zero-order valence-electron chi connectivity index (χ0n) is 19.5. The molecule has 0 bridgehead atoms. The molecule has 1 amide bonds. The SMILES string of the molecule is COC(=O)c1c(NC(=O)CN(c2ccc(Cl)cc2Cl)S(=O)(=O)c2ccccc2)sc2c1CCN(C)C2. The van der Waals surface area contributed by atoms with Gasteiger partial charge in [0, 0.05) is 23.0 Å². The highest BCUT2D eigenvalue weighted by Gasteiger charge is 2.31. The Kier molecular flexibility index (Phi) is 7.91. The van der Waals surface area contributed by atoms with Crippen molar-refractivity contribution in [3.63, 3.8) is 0 Å². The number of amides is 1. The minimum atomic E-state index is -4.17. The number of nitrogens with one attached hydrogen (secondary N) is 1. The van der Waals surface area contributed by atoms with Gasteiger partial charge in [-0.3, -0.25) is 9.10 Å². The molecule has 1 aliphatic rings. The summed E-state index contributed by atoms with van der Waals surface area (Å²) in [6.45, 7) is 0.815. The molecule has 36 heavy (non-hydrogen) atoms. The van der Waals surface area contributed by atoms with Crippen molar-refractivity contribution in [2.75, 3.05) is 36.9 Å². The van der Waals surface area contributed by atoms with Crippen LogP contribution in [0, 0.1) is 0 Å². The monoisotopic (exact) mass is 567 g/mol. The molecule has 8 nitrogen and oxygen atoms in total. The van der Waals surface area contributed by atoms with E-state index >= 15 is 0 Å². The average molecular weight is 569 g/mol. The number of hydrogen-bond acceptors (Lipinski definition) is 7. The predicted octanol–water partition coefficient (Wildman–Crippen LogP) is 4.66. The Bertz CT molecular complexity index is 1410. The number of thiophene rings is 1. The van der Waals surface area contributed by atoms with Crippen LogP contribution in [0.4, 0.5) is 10.7 Å². The van der Waals surface area contributed by atoms with Gasteiger partial charge in [-0.25, -0.2) is 13.2 Å². The van der Waals surface area contributed by atoms with E-state index in [1.165, 1.54) is 48.8 Å². The van der Waals surface area contributed by atoms with E-state index in [9.17, 15) is 18.0 Å². The topological polar surface area (TPSA) is 96.0 Å². The summed E-state index contributed by atoms with van der Waals surface area (Å²) in [6, 6.07) is 12.1. The van der Waals surface area contributed by atoms with Gasteiger partial charge in [-0.1, -0.05) is 41.4 Å². The van der Waals surface area contributed by atoms with E-state index < -0.39 is 28.4 Å². The number of likely N-dealkylation sites (N-methyl/N-ethyl adjacent to an activating group) is 1. The molecule has 190 valence electrons. The van der Waals surface area contributed by atoms with Crippen molar-refractivity contribution in [3.8, 4) is 0 Å². The van der Waals surface area contributed by atoms with Gasteiger partial charge in [-0.05, 0) is 49.4 Å². The van der Waals surface area contributed by atoms with E-state index in [0.717, 1.165) is 21.3 Å². The number of carbonyl (C=O) groups excluding carboxylic acids is 2. The Hall–Kier alpha value is -2.63. The molecule has 1 N–H and O–H groups in total. The third-order valence-electron chi connectivity index (χ3n) is 5.69. The average Bonchev–Trinajstić information content (AvgIpc) is 3.19. The number of sulfonamides is 1. The quantitative estimate of drug-likeness (QED) is 0.417. The van der Waals surface area contributed by atoms with Gasteiger partial charge in [0.05, 0.1) is 28.3 Å². The number of esters is 1. The maximum absolute atomic E-state index is 13.6. The summed E-state index contributed by atoms with van der Waals surface area (Å²) in [5.74, 6) is -1.19. The van der Waals surface area contributed by atoms with Crippen molar-refractivity contribution in [2.45, 2.75) is 17.9 Å². The second-order valence-electron chi connectivity index (χ2n) is 8.16. The number of rotatable bonds is 7. The molecular formula is C24H23Cl2N3O5S2. The fourth-order valence-electron chi connectivity index (χ4n) is 3.94. The van der Waals surface area contributed by atoms with Crippen molar-refractivity contribution in [2.24, 2.45) is 0 Å². The summed E-state index contributed by atoms with van der Waals surface area (Å²) in [4.78, 5) is 28.9. The Morgan fingerprint density at radius 2 is 1.89 bits per heavy atom. The van der Waals surface area contributed by atoms with Crippen LogP contribution in [-0.4, -0.2) is 52.4 Å². The number of carbonyl (C=O) groups is 2. The number of fused-ring (bicyclic) bond motifs is 1. The minimum Gasteiger partial charge on any atom is -0.465 e. The molecule has 0 fully saturated rings. The Morgan fingerprint density at radius 3 is 2.56 bits per heavy atom. The fourth-order valence-corrected chi connectivity index (χ4v) is 7.29. The van der Waals surface area contributed by atoms with E-state index in [1.807, 2.05) is 7.05 Å². The first-order valence-electron chi connectivity index (χ1n) is 10.9. The van der Waals surface area contributed by atoms with Crippen molar-refractivity contribution < 1.29 is 22.7 Å². The van der Waals surface area contributed by atoms with Gasteiger partial charge in [0.1, 0.15) is 11.5 Å². The predicted molar refractivity (Wildman–Crippen MR) is 142 cm³/mol. The van der Waals surface area contributed by atoms with Crippen molar-refractivity contribution in [1.82, 2.24) is 4.90 Å². The Balaban J connectivity index is 1.70. The summed E-state index contributed by atoms with van der Waals surface area (Å²) in [7, 11) is -0.913. The minimum absolute atomic E-state index is 0.00584. The van der Waals surface area contributed by atoms with Crippen LogP contribution in [-0.2, 0) is 32.5 Å². The van der Waals surface area contributed by atoms with Crippen LogP contribution in [0.15, 0.2) is 53.4 Å². The molecule has 0 atom stereocenters. The molecular weight excluding hydrogens is 545 g/mol.